The summed E-state index contributed by atoms with van der Waals surface area (Å²) in [6, 6.07) is 9.72. The van der Waals surface area contributed by atoms with E-state index in [4.69, 9.17) is 9.47 Å². The van der Waals surface area contributed by atoms with E-state index in [1.807, 2.05) is 37.3 Å². The zero-order chi connectivity index (χ0) is 12.3. The molecule has 0 saturated carbocycles. The smallest absolute Gasteiger partial charge is 0.401 e. The van der Waals surface area contributed by atoms with E-state index in [1.54, 1.807) is 0 Å². The third-order valence-corrected chi connectivity index (χ3v) is 2.49. The number of carbonyl (C=O) groups excluding carboxylic acids is 1. The maximum Gasteiger partial charge on any atom is 0.401 e. The third-order valence-electron chi connectivity index (χ3n) is 2.49. The van der Waals surface area contributed by atoms with Gasteiger partial charge in [0, 0.05) is 5.57 Å². The van der Waals surface area contributed by atoms with E-state index in [2.05, 4.69) is 4.99 Å². The van der Waals surface area contributed by atoms with Crippen molar-refractivity contribution in [3.63, 3.8) is 0 Å². The molecule has 17 heavy (non-hydrogen) atoms. The highest BCUT2D eigenvalue weighted by molar-refractivity contribution is 6.34. The lowest BCUT2D eigenvalue weighted by Crippen LogP contribution is -2.11. The van der Waals surface area contributed by atoms with Crippen molar-refractivity contribution in [2.24, 2.45) is 4.99 Å². The molecule has 88 valence electrons. The van der Waals surface area contributed by atoms with Gasteiger partial charge in [0.25, 0.3) is 0 Å². The Morgan fingerprint density at radius 2 is 2.06 bits per heavy atom. The van der Waals surface area contributed by atoms with Crippen molar-refractivity contribution in [3.8, 4) is 0 Å². The average molecular weight is 231 g/mol. The number of esters is 1. The van der Waals surface area contributed by atoms with E-state index in [-0.39, 0.29) is 5.90 Å². The number of benzene rings is 1. The quantitative estimate of drug-likeness (QED) is 0.734. The molecule has 1 aromatic rings. The Kier molecular flexibility index (Phi) is 3.23. The van der Waals surface area contributed by atoms with Gasteiger partial charge in [-0.15, -0.1) is 0 Å². The highest BCUT2D eigenvalue weighted by atomic mass is 16.6. The normalized spacial score (nSPS) is 17.5. The Balaban J connectivity index is 2.43. The molecule has 1 heterocycles. The lowest BCUT2D eigenvalue weighted by molar-refractivity contribution is -0.131. The van der Waals surface area contributed by atoms with Gasteiger partial charge in [-0.05, 0) is 12.0 Å². The standard InChI is InChI=1S/C13H13NO3/c1-3-10(9-7-5-4-6-8-9)11-14-12(16-2)13(15)17-11/h4-8H,3H2,1-2H3/b11-10+. The molecule has 0 bridgehead atoms. The number of nitrogens with zero attached hydrogens (tertiary/aromatic N) is 1. The fourth-order valence-electron chi connectivity index (χ4n) is 1.67. The molecule has 2 rings (SSSR count). The monoisotopic (exact) mass is 231 g/mol. The van der Waals surface area contributed by atoms with Gasteiger partial charge in [0.15, 0.2) is 0 Å². The molecule has 0 aromatic heterocycles. The lowest BCUT2D eigenvalue weighted by Gasteiger charge is -2.05. The summed E-state index contributed by atoms with van der Waals surface area (Å²) in [6.45, 7) is 1.99. The third kappa shape index (κ3) is 2.20. The van der Waals surface area contributed by atoms with Crippen LogP contribution in [0.4, 0.5) is 0 Å². The number of aliphatic imine (C=N–C) groups is 1. The van der Waals surface area contributed by atoms with Crippen LogP contribution >= 0.6 is 0 Å². The average Bonchev–Trinajstić information content (AvgIpc) is 2.73. The molecule has 0 spiro atoms. The van der Waals surface area contributed by atoms with Crippen LogP contribution in [0.15, 0.2) is 41.2 Å². The van der Waals surface area contributed by atoms with Crippen molar-refractivity contribution in [1.82, 2.24) is 0 Å². The SMILES string of the molecule is CC/C(=C1/N=C(OC)C(=O)O1)c1ccccc1. The molecular weight excluding hydrogens is 218 g/mol. The van der Waals surface area contributed by atoms with Gasteiger partial charge in [0.05, 0.1) is 7.11 Å². The topological polar surface area (TPSA) is 47.9 Å². The molecule has 0 atom stereocenters. The molecular formula is C13H13NO3. The van der Waals surface area contributed by atoms with Crippen LogP contribution in [-0.4, -0.2) is 19.0 Å². The summed E-state index contributed by atoms with van der Waals surface area (Å²) in [5, 5.41) is 0. The van der Waals surface area contributed by atoms with Gasteiger partial charge in [-0.3, -0.25) is 0 Å². The zero-order valence-electron chi connectivity index (χ0n) is 9.77. The molecule has 0 saturated heterocycles. The summed E-state index contributed by atoms with van der Waals surface area (Å²) in [4.78, 5) is 15.4. The van der Waals surface area contributed by atoms with Crippen molar-refractivity contribution in [2.75, 3.05) is 7.11 Å². The van der Waals surface area contributed by atoms with Gasteiger partial charge in [0.1, 0.15) is 0 Å². The van der Waals surface area contributed by atoms with Crippen LogP contribution in [0.1, 0.15) is 18.9 Å². The first kappa shape index (κ1) is 11.4. The number of rotatable bonds is 2. The number of hydrogen-bond acceptors (Lipinski definition) is 4. The van der Waals surface area contributed by atoms with Gasteiger partial charge >= 0.3 is 11.9 Å². The number of hydrogen-bond donors (Lipinski definition) is 0. The predicted molar refractivity (Wildman–Crippen MR) is 64.2 cm³/mol. The molecule has 4 nitrogen and oxygen atoms in total. The molecule has 0 radical (unpaired) electrons. The number of methoxy groups -OCH3 is 1. The Hall–Kier alpha value is -2.10. The Morgan fingerprint density at radius 3 is 2.59 bits per heavy atom. The second-order valence-corrected chi connectivity index (χ2v) is 3.51. The molecule has 0 unspecified atom stereocenters. The van der Waals surface area contributed by atoms with Crippen LogP contribution in [0.25, 0.3) is 5.57 Å². The molecule has 0 amide bonds. The number of ether oxygens (including phenoxy) is 2. The molecule has 0 N–H and O–H groups in total. The van der Waals surface area contributed by atoms with Crippen molar-refractivity contribution >= 4 is 17.4 Å². The summed E-state index contributed by atoms with van der Waals surface area (Å²) >= 11 is 0. The first-order valence-electron chi connectivity index (χ1n) is 5.39. The van der Waals surface area contributed by atoms with Gasteiger partial charge in [-0.1, -0.05) is 37.3 Å². The first-order valence-corrected chi connectivity index (χ1v) is 5.39. The van der Waals surface area contributed by atoms with Crippen LogP contribution in [0, 0.1) is 0 Å². The number of allylic oxidation sites excluding steroid dienone is 1. The maximum absolute atomic E-state index is 11.4. The van der Waals surface area contributed by atoms with Crippen molar-refractivity contribution in [3.05, 3.63) is 41.8 Å². The number of cyclic esters (lactones) is 1. The second-order valence-electron chi connectivity index (χ2n) is 3.51. The van der Waals surface area contributed by atoms with Crippen molar-refractivity contribution in [1.29, 1.82) is 0 Å². The van der Waals surface area contributed by atoms with Gasteiger partial charge < -0.3 is 9.47 Å². The van der Waals surface area contributed by atoms with Crippen molar-refractivity contribution in [2.45, 2.75) is 13.3 Å². The molecule has 0 aliphatic carbocycles. The van der Waals surface area contributed by atoms with Crippen LogP contribution in [0.5, 0.6) is 0 Å². The first-order chi connectivity index (χ1) is 8.26. The van der Waals surface area contributed by atoms with E-state index in [9.17, 15) is 4.79 Å². The minimum Gasteiger partial charge on any atom is -0.476 e. The molecule has 4 heteroatoms. The van der Waals surface area contributed by atoms with Crippen LogP contribution in [0.2, 0.25) is 0 Å². The molecule has 1 aliphatic heterocycles. The predicted octanol–water partition coefficient (Wildman–Crippen LogP) is 2.37. The second kappa shape index (κ2) is 4.82. The minimum atomic E-state index is -0.538. The Bertz CT molecular complexity index is 489. The van der Waals surface area contributed by atoms with E-state index in [0.29, 0.717) is 5.88 Å². The highest BCUT2D eigenvalue weighted by Crippen LogP contribution is 2.26. The fourth-order valence-corrected chi connectivity index (χ4v) is 1.67. The minimum absolute atomic E-state index is 0.00174. The van der Waals surface area contributed by atoms with Gasteiger partial charge in [-0.2, -0.15) is 4.99 Å². The van der Waals surface area contributed by atoms with E-state index < -0.39 is 5.97 Å². The summed E-state index contributed by atoms with van der Waals surface area (Å²) in [5.41, 5.74) is 1.89. The Labute approximate surface area is 99.6 Å². The van der Waals surface area contributed by atoms with Crippen molar-refractivity contribution < 1.29 is 14.3 Å². The molecule has 1 aromatic carbocycles. The van der Waals surface area contributed by atoms with Gasteiger partial charge in [-0.25, -0.2) is 4.79 Å². The van der Waals surface area contributed by atoms with Gasteiger partial charge in [0.2, 0.25) is 5.88 Å². The molecule has 0 fully saturated rings. The van der Waals surface area contributed by atoms with Crippen LogP contribution in [-0.2, 0) is 14.3 Å². The lowest BCUT2D eigenvalue weighted by atomic mass is 10.0. The maximum atomic E-state index is 11.4. The summed E-state index contributed by atoms with van der Waals surface area (Å²) in [5.74, 6) is -0.202. The Morgan fingerprint density at radius 1 is 1.35 bits per heavy atom. The van der Waals surface area contributed by atoms with E-state index in [1.165, 1.54) is 7.11 Å². The van der Waals surface area contributed by atoms with Crippen LogP contribution < -0.4 is 0 Å². The zero-order valence-corrected chi connectivity index (χ0v) is 9.77. The number of carbonyl (C=O) groups is 1. The summed E-state index contributed by atoms with van der Waals surface area (Å²) < 4.78 is 9.91. The fraction of sp³-hybridized carbons (Fsp3) is 0.231. The largest absolute Gasteiger partial charge is 0.476 e. The van der Waals surface area contributed by atoms with Crippen LogP contribution in [0.3, 0.4) is 0 Å². The highest BCUT2D eigenvalue weighted by Gasteiger charge is 2.26. The summed E-state index contributed by atoms with van der Waals surface area (Å²) in [7, 11) is 1.40. The summed E-state index contributed by atoms with van der Waals surface area (Å²) in [6.07, 6.45) is 0.729. The van der Waals surface area contributed by atoms with E-state index >= 15 is 0 Å². The molecule has 1 aliphatic rings. The van der Waals surface area contributed by atoms with E-state index in [0.717, 1.165) is 17.6 Å².